The van der Waals surface area contributed by atoms with Crippen LogP contribution in [-0.4, -0.2) is 32.7 Å². The standard InChI is InChI=1S/C14H20O4/c1-10(2)6-7-14(18-5)12(16-3)8-11(15)9-13(14)17-4/h6,8-9H,7H2,1-5H3. The van der Waals surface area contributed by atoms with E-state index in [1.54, 1.807) is 7.11 Å². The lowest BCUT2D eigenvalue weighted by atomic mass is 9.88. The maximum absolute atomic E-state index is 11.6. The number of hydrogen-bond acceptors (Lipinski definition) is 4. The molecule has 0 unspecified atom stereocenters. The Hall–Kier alpha value is -1.55. The van der Waals surface area contributed by atoms with E-state index in [2.05, 4.69) is 0 Å². The summed E-state index contributed by atoms with van der Waals surface area (Å²) in [5.41, 5.74) is 0.309. The topological polar surface area (TPSA) is 44.8 Å². The lowest BCUT2D eigenvalue weighted by Crippen LogP contribution is -2.40. The van der Waals surface area contributed by atoms with E-state index in [0.717, 1.165) is 5.57 Å². The highest BCUT2D eigenvalue weighted by Crippen LogP contribution is 2.37. The summed E-state index contributed by atoms with van der Waals surface area (Å²) in [5, 5.41) is 0. The summed E-state index contributed by atoms with van der Waals surface area (Å²) in [6, 6.07) is 0. The molecular weight excluding hydrogens is 232 g/mol. The maximum atomic E-state index is 11.6. The van der Waals surface area contributed by atoms with Gasteiger partial charge in [0.1, 0.15) is 11.5 Å². The van der Waals surface area contributed by atoms with Crippen LogP contribution in [-0.2, 0) is 19.0 Å². The van der Waals surface area contributed by atoms with Gasteiger partial charge in [-0.15, -0.1) is 0 Å². The van der Waals surface area contributed by atoms with Gasteiger partial charge in [-0.05, 0) is 13.8 Å². The molecule has 100 valence electrons. The summed E-state index contributed by atoms with van der Waals surface area (Å²) in [5.74, 6) is 0.771. The molecule has 0 aromatic carbocycles. The Morgan fingerprint density at radius 1 is 1.17 bits per heavy atom. The van der Waals surface area contributed by atoms with E-state index < -0.39 is 5.60 Å². The molecular formula is C14H20O4. The predicted octanol–water partition coefficient (Wildman–Crippen LogP) is 2.37. The highest BCUT2D eigenvalue weighted by atomic mass is 16.6. The maximum Gasteiger partial charge on any atom is 0.185 e. The van der Waals surface area contributed by atoms with Crippen LogP contribution in [0.1, 0.15) is 20.3 Å². The van der Waals surface area contributed by atoms with Crippen molar-refractivity contribution in [3.8, 4) is 0 Å². The van der Waals surface area contributed by atoms with Gasteiger partial charge in [0.15, 0.2) is 11.4 Å². The van der Waals surface area contributed by atoms with Crippen molar-refractivity contribution in [3.63, 3.8) is 0 Å². The first-order valence-corrected chi connectivity index (χ1v) is 5.75. The van der Waals surface area contributed by atoms with Crippen LogP contribution in [0.25, 0.3) is 0 Å². The smallest absolute Gasteiger partial charge is 0.185 e. The summed E-state index contributed by atoms with van der Waals surface area (Å²) in [6.07, 6.45) is 5.45. The SMILES string of the molecule is COC1=CC(=O)C=C(OC)C1(CC=C(C)C)OC. The third-order valence-electron chi connectivity index (χ3n) is 2.93. The first kappa shape index (κ1) is 14.5. The Morgan fingerprint density at radius 3 is 2.00 bits per heavy atom. The van der Waals surface area contributed by atoms with E-state index in [-0.39, 0.29) is 5.78 Å². The van der Waals surface area contributed by atoms with Crippen molar-refractivity contribution in [2.45, 2.75) is 25.9 Å². The molecule has 0 aliphatic heterocycles. The van der Waals surface area contributed by atoms with Crippen molar-refractivity contribution in [2.24, 2.45) is 0 Å². The molecule has 1 rings (SSSR count). The summed E-state index contributed by atoms with van der Waals surface area (Å²) in [4.78, 5) is 11.6. The molecule has 1 aliphatic rings. The highest BCUT2D eigenvalue weighted by Gasteiger charge is 2.43. The molecule has 0 saturated heterocycles. The van der Waals surface area contributed by atoms with Crippen LogP contribution in [0.3, 0.4) is 0 Å². The number of carbonyl (C=O) groups is 1. The number of carbonyl (C=O) groups excluding carboxylic acids is 1. The molecule has 1 aliphatic carbocycles. The third-order valence-corrected chi connectivity index (χ3v) is 2.93. The van der Waals surface area contributed by atoms with E-state index in [0.29, 0.717) is 17.9 Å². The minimum atomic E-state index is -0.853. The molecule has 0 N–H and O–H groups in total. The van der Waals surface area contributed by atoms with Crippen LogP contribution in [0.5, 0.6) is 0 Å². The van der Waals surface area contributed by atoms with Crippen LogP contribution in [0.15, 0.2) is 35.3 Å². The Labute approximate surface area is 108 Å². The van der Waals surface area contributed by atoms with Gasteiger partial charge in [0.25, 0.3) is 0 Å². The number of hydrogen-bond donors (Lipinski definition) is 0. The van der Waals surface area contributed by atoms with Crippen LogP contribution >= 0.6 is 0 Å². The molecule has 18 heavy (non-hydrogen) atoms. The minimum Gasteiger partial charge on any atom is -0.497 e. The molecule has 0 amide bonds. The van der Waals surface area contributed by atoms with Crippen molar-refractivity contribution in [1.29, 1.82) is 0 Å². The molecule has 4 nitrogen and oxygen atoms in total. The van der Waals surface area contributed by atoms with E-state index in [1.165, 1.54) is 26.4 Å². The molecule has 0 atom stereocenters. The highest BCUT2D eigenvalue weighted by molar-refractivity contribution is 6.01. The first-order chi connectivity index (χ1) is 8.50. The summed E-state index contributed by atoms with van der Waals surface area (Å²) >= 11 is 0. The zero-order valence-electron chi connectivity index (χ0n) is 11.6. The van der Waals surface area contributed by atoms with Gasteiger partial charge in [0.2, 0.25) is 0 Å². The van der Waals surface area contributed by atoms with Crippen molar-refractivity contribution in [1.82, 2.24) is 0 Å². The van der Waals surface area contributed by atoms with Crippen molar-refractivity contribution >= 4 is 5.78 Å². The second-order valence-electron chi connectivity index (χ2n) is 4.34. The van der Waals surface area contributed by atoms with E-state index in [1.807, 2.05) is 19.9 Å². The molecule has 0 bridgehead atoms. The fourth-order valence-electron chi connectivity index (χ4n) is 1.94. The minimum absolute atomic E-state index is 0.159. The van der Waals surface area contributed by atoms with Gasteiger partial charge in [-0.1, -0.05) is 11.6 Å². The number of methoxy groups -OCH3 is 3. The summed E-state index contributed by atoms with van der Waals surface area (Å²) in [7, 11) is 4.62. The second kappa shape index (κ2) is 5.87. The Morgan fingerprint density at radius 2 is 1.67 bits per heavy atom. The van der Waals surface area contributed by atoms with Crippen molar-refractivity contribution in [2.75, 3.05) is 21.3 Å². The zero-order chi connectivity index (χ0) is 13.8. The van der Waals surface area contributed by atoms with E-state index in [9.17, 15) is 4.79 Å². The molecule has 0 aromatic heterocycles. The molecule has 0 fully saturated rings. The quantitative estimate of drug-likeness (QED) is 0.705. The van der Waals surface area contributed by atoms with Gasteiger partial charge in [0.05, 0.1) is 14.2 Å². The van der Waals surface area contributed by atoms with Gasteiger partial charge in [-0.2, -0.15) is 0 Å². The lowest BCUT2D eigenvalue weighted by molar-refractivity contribution is -0.112. The average molecular weight is 252 g/mol. The monoisotopic (exact) mass is 252 g/mol. The largest absolute Gasteiger partial charge is 0.497 e. The lowest BCUT2D eigenvalue weighted by Gasteiger charge is -2.35. The molecule has 0 aromatic rings. The number of rotatable bonds is 5. The molecule has 0 saturated carbocycles. The van der Waals surface area contributed by atoms with Gasteiger partial charge >= 0.3 is 0 Å². The zero-order valence-corrected chi connectivity index (χ0v) is 11.6. The molecule has 0 radical (unpaired) electrons. The Bertz CT molecular complexity index is 388. The Balaban J connectivity index is 3.25. The van der Waals surface area contributed by atoms with Gasteiger partial charge in [-0.25, -0.2) is 0 Å². The molecule has 0 heterocycles. The normalized spacial score (nSPS) is 17.7. The van der Waals surface area contributed by atoms with Gasteiger partial charge < -0.3 is 14.2 Å². The van der Waals surface area contributed by atoms with Crippen LogP contribution < -0.4 is 0 Å². The predicted molar refractivity (Wildman–Crippen MR) is 69.0 cm³/mol. The Kier molecular flexibility index (Phi) is 4.73. The number of ketones is 1. The fraction of sp³-hybridized carbons (Fsp3) is 0.500. The summed E-state index contributed by atoms with van der Waals surface area (Å²) < 4.78 is 16.2. The number of allylic oxidation sites excluding steroid dienone is 3. The van der Waals surface area contributed by atoms with Crippen molar-refractivity contribution < 1.29 is 19.0 Å². The van der Waals surface area contributed by atoms with Crippen LogP contribution in [0.4, 0.5) is 0 Å². The van der Waals surface area contributed by atoms with Crippen molar-refractivity contribution in [3.05, 3.63) is 35.3 Å². The van der Waals surface area contributed by atoms with E-state index in [4.69, 9.17) is 14.2 Å². The first-order valence-electron chi connectivity index (χ1n) is 5.75. The molecule has 0 spiro atoms. The average Bonchev–Trinajstić information content (AvgIpc) is 2.36. The van der Waals surface area contributed by atoms with Crippen LogP contribution in [0.2, 0.25) is 0 Å². The fourth-order valence-corrected chi connectivity index (χ4v) is 1.94. The summed E-state index contributed by atoms with van der Waals surface area (Å²) in [6.45, 7) is 4.01. The number of ether oxygens (including phenoxy) is 3. The third kappa shape index (κ3) is 2.64. The molecule has 4 heteroatoms. The van der Waals surface area contributed by atoms with E-state index >= 15 is 0 Å². The second-order valence-corrected chi connectivity index (χ2v) is 4.34. The van der Waals surface area contributed by atoms with Gasteiger partial charge in [0, 0.05) is 25.7 Å². The van der Waals surface area contributed by atoms with Gasteiger partial charge in [-0.3, -0.25) is 4.79 Å². The van der Waals surface area contributed by atoms with Crippen LogP contribution in [0, 0.1) is 0 Å².